The molecule has 6 heteroatoms. The number of hydrogen-bond acceptors (Lipinski definition) is 3. The molecule has 0 fully saturated rings. The number of nitrogen functional groups attached to an aromatic ring is 1. The quantitative estimate of drug-likeness (QED) is 0.178. The van der Waals surface area contributed by atoms with Crippen molar-refractivity contribution in [1.82, 2.24) is 5.32 Å². The van der Waals surface area contributed by atoms with Crippen LogP contribution < -0.4 is 16.0 Å². The van der Waals surface area contributed by atoms with Gasteiger partial charge in [0.05, 0.1) is 5.41 Å². The van der Waals surface area contributed by atoms with E-state index in [1.807, 2.05) is 22.1 Å². The molecule has 3 aliphatic rings. The summed E-state index contributed by atoms with van der Waals surface area (Å²) >= 11 is 7.07. The van der Waals surface area contributed by atoms with Gasteiger partial charge < -0.3 is 16.0 Å². The Morgan fingerprint density at radius 2 is 1.55 bits per heavy atom. The molecule has 0 unspecified atom stereocenters. The number of rotatable bonds is 8. The number of nitrogens with one attached hydrogen (secondary N) is 1. The van der Waals surface area contributed by atoms with Crippen LogP contribution in [0, 0.1) is 0 Å². The van der Waals surface area contributed by atoms with Crippen molar-refractivity contribution in [2.45, 2.75) is 64.3 Å². The van der Waals surface area contributed by atoms with Crippen LogP contribution in [-0.4, -0.2) is 10.3 Å². The standard InChI is InChI=1S/C41H42Br2N4/c1-40(2)33-12-5-7-14-35(33)46(26-24-42)37(40)22-18-30-10-9-11-31(39(30)45-28-29-16-20-32(44)21-17-29)19-23-38-41(3,4)34-13-6-8-15-36(34)47(38)27-25-43/h5-8,12-27H,9-11,28,44H2,1-4H3/p+1/b26-24+,27-25+,30-18+,37-22+. The molecule has 0 amide bonds. The van der Waals surface area contributed by atoms with Gasteiger partial charge in [0.25, 0.3) is 0 Å². The molecule has 0 radical (unpaired) electrons. The number of halogens is 2. The van der Waals surface area contributed by atoms with E-state index in [0.29, 0.717) is 0 Å². The second-order valence-corrected chi connectivity index (χ2v) is 14.4. The largest absolute Gasteiger partial charge is 0.399 e. The Labute approximate surface area is 296 Å². The third-order valence-corrected chi connectivity index (χ3v) is 10.2. The predicted octanol–water partition coefficient (Wildman–Crippen LogP) is 10.8. The molecule has 240 valence electrons. The highest BCUT2D eigenvalue weighted by Gasteiger charge is 2.43. The Morgan fingerprint density at radius 1 is 0.830 bits per heavy atom. The highest BCUT2D eigenvalue weighted by atomic mass is 79.9. The molecule has 3 aromatic carbocycles. The average Bonchev–Trinajstić information content (AvgIpc) is 3.41. The van der Waals surface area contributed by atoms with Gasteiger partial charge in [-0.1, -0.05) is 106 Å². The van der Waals surface area contributed by atoms with Gasteiger partial charge in [0.15, 0.2) is 11.9 Å². The summed E-state index contributed by atoms with van der Waals surface area (Å²) in [5.41, 5.74) is 19.2. The molecular weight excluding hydrogens is 708 g/mol. The Bertz CT molecular complexity index is 1880. The molecule has 0 atom stereocenters. The first-order chi connectivity index (χ1) is 22.7. The average molecular weight is 752 g/mol. The summed E-state index contributed by atoms with van der Waals surface area (Å²) in [7, 11) is 0. The molecule has 0 aromatic heterocycles. The minimum atomic E-state index is -0.134. The van der Waals surface area contributed by atoms with Gasteiger partial charge in [-0.15, -0.1) is 0 Å². The van der Waals surface area contributed by atoms with Crippen molar-refractivity contribution in [3.05, 3.63) is 159 Å². The zero-order chi connectivity index (χ0) is 33.2. The van der Waals surface area contributed by atoms with Crippen LogP contribution in [-0.2, 0) is 17.4 Å². The summed E-state index contributed by atoms with van der Waals surface area (Å²) < 4.78 is 2.30. The second-order valence-electron chi connectivity index (χ2n) is 13.4. The molecule has 0 bridgehead atoms. The molecule has 0 saturated heterocycles. The number of benzene rings is 3. The number of allylic oxidation sites excluding steroid dienone is 7. The molecule has 3 N–H and O–H groups in total. The van der Waals surface area contributed by atoms with E-state index in [2.05, 4.69) is 172 Å². The van der Waals surface area contributed by atoms with E-state index in [9.17, 15) is 0 Å². The number of hydrogen-bond donors (Lipinski definition) is 2. The molecule has 6 rings (SSSR count). The van der Waals surface area contributed by atoms with Gasteiger partial charge in [0.2, 0.25) is 5.69 Å². The molecule has 3 aromatic rings. The molecule has 1 aliphatic carbocycles. The molecule has 47 heavy (non-hydrogen) atoms. The van der Waals surface area contributed by atoms with Crippen molar-refractivity contribution in [3.8, 4) is 0 Å². The van der Waals surface area contributed by atoms with Gasteiger partial charge in [-0.25, -0.2) is 0 Å². The summed E-state index contributed by atoms with van der Waals surface area (Å²) in [4.78, 5) is 6.17. The predicted molar refractivity (Wildman–Crippen MR) is 206 cm³/mol. The van der Waals surface area contributed by atoms with Crippen molar-refractivity contribution >= 4 is 54.6 Å². The van der Waals surface area contributed by atoms with Crippen molar-refractivity contribution in [2.75, 3.05) is 10.6 Å². The van der Waals surface area contributed by atoms with Crippen molar-refractivity contribution in [2.24, 2.45) is 0 Å². The number of nitrogens with two attached hydrogens (primary N) is 1. The van der Waals surface area contributed by atoms with Crippen LogP contribution in [0.3, 0.4) is 0 Å². The van der Waals surface area contributed by atoms with Gasteiger partial charge in [-0.05, 0) is 84.6 Å². The maximum atomic E-state index is 6.00. The summed E-state index contributed by atoms with van der Waals surface area (Å²) in [5.74, 6) is 0. The lowest BCUT2D eigenvalue weighted by Crippen LogP contribution is -2.26. The topological polar surface area (TPSA) is 44.3 Å². The third-order valence-electron chi connectivity index (χ3n) is 9.75. The van der Waals surface area contributed by atoms with E-state index < -0.39 is 0 Å². The van der Waals surface area contributed by atoms with Gasteiger partial charge in [-0.2, -0.15) is 4.58 Å². The lowest BCUT2D eigenvalue weighted by Gasteiger charge is -2.26. The highest BCUT2D eigenvalue weighted by Crippen LogP contribution is 2.48. The van der Waals surface area contributed by atoms with E-state index in [-0.39, 0.29) is 10.8 Å². The Kier molecular flexibility index (Phi) is 9.63. The minimum Gasteiger partial charge on any atom is -0.399 e. The molecule has 0 spiro atoms. The van der Waals surface area contributed by atoms with Crippen molar-refractivity contribution in [1.29, 1.82) is 0 Å². The third kappa shape index (κ3) is 6.38. The lowest BCUT2D eigenvalue weighted by atomic mass is 9.81. The van der Waals surface area contributed by atoms with E-state index in [4.69, 9.17) is 5.73 Å². The monoisotopic (exact) mass is 749 g/mol. The molecule has 4 nitrogen and oxygen atoms in total. The van der Waals surface area contributed by atoms with Gasteiger partial charge in [0.1, 0.15) is 0 Å². The molecule has 2 aliphatic heterocycles. The van der Waals surface area contributed by atoms with Gasteiger partial charge in [0, 0.05) is 63.6 Å². The van der Waals surface area contributed by atoms with Crippen molar-refractivity contribution < 1.29 is 4.58 Å². The van der Waals surface area contributed by atoms with Crippen LogP contribution >= 0.6 is 31.9 Å². The zero-order valence-electron chi connectivity index (χ0n) is 27.6. The number of fused-ring (bicyclic) bond motifs is 2. The number of anilines is 2. The fraction of sp³-hybridized carbons (Fsp3) is 0.244. The van der Waals surface area contributed by atoms with E-state index in [1.54, 1.807) is 0 Å². The Morgan fingerprint density at radius 3 is 2.30 bits per heavy atom. The number of nitrogens with zero attached hydrogens (tertiary/aromatic N) is 2. The maximum Gasteiger partial charge on any atom is 0.215 e. The lowest BCUT2D eigenvalue weighted by molar-refractivity contribution is -0.356. The molecule has 2 heterocycles. The van der Waals surface area contributed by atoms with Crippen LogP contribution in [0.25, 0.3) is 0 Å². The van der Waals surface area contributed by atoms with Crippen LogP contribution in [0.4, 0.5) is 17.1 Å². The highest BCUT2D eigenvalue weighted by molar-refractivity contribution is 9.11. The SMILES string of the molecule is CC1(C)C(/C=C/C2=C(NCc3ccc(N)cc3)C(=C/C=C3/N(/C=C/Br)c4ccccc4C3(C)C)/CCC2)=[N+](/C=C/Br)c2ccccc21. The first kappa shape index (κ1) is 33.0. The second kappa shape index (κ2) is 13.7. The van der Waals surface area contributed by atoms with Gasteiger partial charge >= 0.3 is 0 Å². The molecule has 0 saturated carbocycles. The Hall–Kier alpha value is -3.87. The van der Waals surface area contributed by atoms with E-state index >= 15 is 0 Å². The first-order valence-corrected chi connectivity index (χ1v) is 18.1. The normalized spacial score (nSPS) is 20.4. The van der Waals surface area contributed by atoms with E-state index in [0.717, 1.165) is 31.5 Å². The zero-order valence-corrected chi connectivity index (χ0v) is 30.8. The van der Waals surface area contributed by atoms with Crippen LogP contribution in [0.1, 0.15) is 63.6 Å². The minimum absolute atomic E-state index is 0.134. The van der Waals surface area contributed by atoms with Crippen molar-refractivity contribution in [3.63, 3.8) is 0 Å². The van der Waals surface area contributed by atoms with E-state index in [1.165, 1.54) is 56.3 Å². The summed E-state index contributed by atoms with van der Waals surface area (Å²) in [6, 6.07) is 25.6. The van der Waals surface area contributed by atoms with Crippen LogP contribution in [0.5, 0.6) is 0 Å². The first-order valence-electron chi connectivity index (χ1n) is 16.3. The maximum absolute atomic E-state index is 6.00. The van der Waals surface area contributed by atoms with Crippen LogP contribution in [0.15, 0.2) is 142 Å². The number of para-hydroxylation sites is 2. The Balaban J connectivity index is 1.43. The van der Waals surface area contributed by atoms with Gasteiger partial charge in [-0.3, -0.25) is 0 Å². The fourth-order valence-electron chi connectivity index (χ4n) is 7.24. The summed E-state index contributed by atoms with van der Waals surface area (Å²) in [5, 5.41) is 3.87. The fourth-order valence-corrected chi connectivity index (χ4v) is 7.72. The molecular formula is C41H43Br2N4+. The summed E-state index contributed by atoms with van der Waals surface area (Å²) in [6.45, 7) is 9.98. The smallest absolute Gasteiger partial charge is 0.215 e. The summed E-state index contributed by atoms with van der Waals surface area (Å²) in [6.07, 6.45) is 16.7. The van der Waals surface area contributed by atoms with Crippen LogP contribution in [0.2, 0.25) is 0 Å².